The quantitative estimate of drug-likeness (QED) is 0.876. The van der Waals surface area contributed by atoms with E-state index in [1.54, 1.807) is 30.4 Å². The predicted molar refractivity (Wildman–Crippen MR) is 68.6 cm³/mol. The highest BCUT2D eigenvalue weighted by Crippen LogP contribution is 2.27. The summed E-state index contributed by atoms with van der Waals surface area (Å²) in [5, 5.41) is 12.4. The molecule has 90 valence electrons. The summed E-state index contributed by atoms with van der Waals surface area (Å²) in [6.45, 7) is 1.73. The number of aliphatic hydroxyl groups is 1. The molecule has 1 nitrogen and oxygen atoms in total. The van der Waals surface area contributed by atoms with Gasteiger partial charge in [0.25, 0.3) is 0 Å². The molecule has 1 heterocycles. The Morgan fingerprint density at radius 1 is 1.29 bits per heavy atom. The van der Waals surface area contributed by atoms with E-state index in [0.717, 1.165) is 6.42 Å². The molecule has 0 saturated carbocycles. The van der Waals surface area contributed by atoms with Gasteiger partial charge in [-0.3, -0.25) is 0 Å². The predicted octanol–water partition coefficient (Wildman–Crippen LogP) is 3.73. The fraction of sp³-hybridized carbons (Fsp3) is 0.286. The second-order valence-corrected chi connectivity index (χ2v) is 5.40. The summed E-state index contributed by atoms with van der Waals surface area (Å²) in [4.78, 5) is 1.24. The topological polar surface area (TPSA) is 20.2 Å². The van der Waals surface area contributed by atoms with Crippen LogP contribution < -0.4 is 0 Å². The summed E-state index contributed by atoms with van der Waals surface area (Å²) in [5.41, 5.74) is -0.347. The van der Waals surface area contributed by atoms with Crippen molar-refractivity contribution in [3.8, 4) is 0 Å². The van der Waals surface area contributed by atoms with Crippen LogP contribution in [0.2, 0.25) is 0 Å². The zero-order chi connectivity index (χ0) is 12.3. The van der Waals surface area contributed by atoms with Gasteiger partial charge in [-0.25, -0.2) is 4.39 Å². The number of hydrogen-bond donors (Lipinski definition) is 1. The van der Waals surface area contributed by atoms with Crippen molar-refractivity contribution < 1.29 is 9.50 Å². The third kappa shape index (κ3) is 3.14. The van der Waals surface area contributed by atoms with Gasteiger partial charge in [0.1, 0.15) is 5.82 Å². The van der Waals surface area contributed by atoms with Crippen LogP contribution in [-0.4, -0.2) is 5.11 Å². The minimum atomic E-state index is -0.980. The van der Waals surface area contributed by atoms with Crippen molar-refractivity contribution in [3.63, 3.8) is 0 Å². The zero-order valence-electron chi connectivity index (χ0n) is 9.69. The molecular weight excluding hydrogens is 235 g/mol. The summed E-state index contributed by atoms with van der Waals surface area (Å²) in [7, 11) is 0. The summed E-state index contributed by atoms with van der Waals surface area (Å²) in [6, 6.07) is 10.2. The Hall–Kier alpha value is -1.19. The zero-order valence-corrected chi connectivity index (χ0v) is 10.5. The van der Waals surface area contributed by atoms with Crippen molar-refractivity contribution >= 4 is 11.3 Å². The molecular formula is C14H15FOS. The largest absolute Gasteiger partial charge is 0.385 e. The van der Waals surface area contributed by atoms with Crippen LogP contribution in [0.5, 0.6) is 0 Å². The van der Waals surface area contributed by atoms with Crippen LogP contribution in [0.4, 0.5) is 4.39 Å². The Morgan fingerprint density at radius 2 is 2.12 bits per heavy atom. The molecule has 0 aliphatic rings. The molecule has 0 fully saturated rings. The Morgan fingerprint density at radius 3 is 2.76 bits per heavy atom. The van der Waals surface area contributed by atoms with Gasteiger partial charge in [0.2, 0.25) is 0 Å². The molecule has 1 aromatic heterocycles. The van der Waals surface area contributed by atoms with E-state index >= 15 is 0 Å². The van der Waals surface area contributed by atoms with Crippen LogP contribution in [0, 0.1) is 5.82 Å². The van der Waals surface area contributed by atoms with Crippen molar-refractivity contribution in [2.75, 3.05) is 0 Å². The van der Waals surface area contributed by atoms with Gasteiger partial charge in [-0.15, -0.1) is 11.3 Å². The van der Waals surface area contributed by atoms with Crippen LogP contribution >= 0.6 is 11.3 Å². The van der Waals surface area contributed by atoms with E-state index in [-0.39, 0.29) is 5.82 Å². The third-order valence-corrected chi connectivity index (χ3v) is 3.82. The van der Waals surface area contributed by atoms with Crippen molar-refractivity contribution in [1.82, 2.24) is 0 Å². The van der Waals surface area contributed by atoms with Crippen LogP contribution in [0.25, 0.3) is 0 Å². The summed E-state index contributed by atoms with van der Waals surface area (Å²) in [6.07, 6.45) is 1.40. The standard InChI is InChI=1S/C14H15FOS/c1-14(16,8-7-13-6-3-9-17-13)11-4-2-5-12(15)10-11/h2-6,9-10,16H,7-8H2,1H3. The molecule has 1 atom stereocenters. The van der Waals surface area contributed by atoms with E-state index in [2.05, 4.69) is 0 Å². The maximum Gasteiger partial charge on any atom is 0.123 e. The van der Waals surface area contributed by atoms with E-state index in [4.69, 9.17) is 0 Å². The van der Waals surface area contributed by atoms with Gasteiger partial charge in [0.05, 0.1) is 5.60 Å². The lowest BCUT2D eigenvalue weighted by Gasteiger charge is -2.23. The van der Waals surface area contributed by atoms with E-state index in [0.29, 0.717) is 12.0 Å². The van der Waals surface area contributed by atoms with Crippen molar-refractivity contribution in [3.05, 3.63) is 58.0 Å². The SMILES string of the molecule is CC(O)(CCc1cccs1)c1cccc(F)c1. The van der Waals surface area contributed by atoms with Gasteiger partial charge in [-0.05, 0) is 48.9 Å². The number of thiophene rings is 1. The van der Waals surface area contributed by atoms with Crippen LogP contribution in [0.1, 0.15) is 23.8 Å². The molecule has 17 heavy (non-hydrogen) atoms. The average molecular weight is 250 g/mol. The fourth-order valence-electron chi connectivity index (χ4n) is 1.79. The molecule has 0 radical (unpaired) electrons. The smallest absolute Gasteiger partial charge is 0.123 e. The lowest BCUT2D eigenvalue weighted by Crippen LogP contribution is -2.21. The first kappa shape index (κ1) is 12.3. The molecule has 0 saturated heterocycles. The Kier molecular flexibility index (Phi) is 3.60. The molecule has 1 N–H and O–H groups in total. The van der Waals surface area contributed by atoms with Gasteiger partial charge in [0, 0.05) is 4.88 Å². The van der Waals surface area contributed by atoms with Crippen LogP contribution in [0.15, 0.2) is 41.8 Å². The maximum atomic E-state index is 13.1. The molecule has 2 aromatic rings. The number of rotatable bonds is 4. The van der Waals surface area contributed by atoms with Gasteiger partial charge < -0.3 is 5.11 Å². The molecule has 0 bridgehead atoms. The minimum absolute atomic E-state index is 0.307. The van der Waals surface area contributed by atoms with Gasteiger partial charge in [0.15, 0.2) is 0 Å². The lowest BCUT2D eigenvalue weighted by molar-refractivity contribution is 0.0479. The molecule has 0 amide bonds. The lowest BCUT2D eigenvalue weighted by atomic mass is 9.91. The van der Waals surface area contributed by atoms with Crippen LogP contribution in [0.3, 0.4) is 0 Å². The molecule has 0 aliphatic carbocycles. The van der Waals surface area contributed by atoms with E-state index in [1.807, 2.05) is 17.5 Å². The van der Waals surface area contributed by atoms with E-state index < -0.39 is 5.60 Å². The number of benzene rings is 1. The summed E-state index contributed by atoms with van der Waals surface area (Å²) in [5.74, 6) is -0.307. The highest BCUT2D eigenvalue weighted by atomic mass is 32.1. The molecule has 3 heteroatoms. The van der Waals surface area contributed by atoms with Crippen LogP contribution in [-0.2, 0) is 12.0 Å². The maximum absolute atomic E-state index is 13.1. The first-order chi connectivity index (χ1) is 8.08. The number of halogens is 1. The highest BCUT2D eigenvalue weighted by molar-refractivity contribution is 7.09. The van der Waals surface area contributed by atoms with Gasteiger partial charge in [-0.1, -0.05) is 18.2 Å². The second kappa shape index (κ2) is 4.98. The fourth-order valence-corrected chi connectivity index (χ4v) is 2.50. The van der Waals surface area contributed by atoms with E-state index in [9.17, 15) is 9.50 Å². The highest BCUT2D eigenvalue weighted by Gasteiger charge is 2.23. The van der Waals surface area contributed by atoms with E-state index in [1.165, 1.54) is 17.0 Å². The van der Waals surface area contributed by atoms with Gasteiger partial charge in [-0.2, -0.15) is 0 Å². The molecule has 1 unspecified atom stereocenters. The van der Waals surface area contributed by atoms with Crippen molar-refractivity contribution in [2.45, 2.75) is 25.4 Å². The molecule has 2 rings (SSSR count). The third-order valence-electron chi connectivity index (χ3n) is 2.88. The Bertz CT molecular complexity index is 477. The molecule has 0 spiro atoms. The average Bonchev–Trinajstić information content (AvgIpc) is 2.79. The summed E-state index contributed by atoms with van der Waals surface area (Å²) >= 11 is 1.68. The number of hydrogen-bond acceptors (Lipinski definition) is 2. The normalized spacial score (nSPS) is 14.5. The minimum Gasteiger partial charge on any atom is -0.385 e. The Balaban J connectivity index is 2.08. The second-order valence-electron chi connectivity index (χ2n) is 4.36. The monoisotopic (exact) mass is 250 g/mol. The van der Waals surface area contributed by atoms with Crippen molar-refractivity contribution in [1.29, 1.82) is 0 Å². The number of aryl methyl sites for hydroxylation is 1. The summed E-state index contributed by atoms with van der Waals surface area (Å²) < 4.78 is 13.1. The first-order valence-corrected chi connectivity index (χ1v) is 6.47. The van der Waals surface area contributed by atoms with Gasteiger partial charge >= 0.3 is 0 Å². The first-order valence-electron chi connectivity index (χ1n) is 5.59. The molecule has 1 aromatic carbocycles. The Labute approximate surface area is 105 Å². The van der Waals surface area contributed by atoms with Crippen molar-refractivity contribution in [2.24, 2.45) is 0 Å². The molecule has 0 aliphatic heterocycles.